The molecule has 0 radical (unpaired) electrons. The Hall–Kier alpha value is -1.81. The average Bonchev–Trinajstić information content (AvgIpc) is 3.29. The van der Waals surface area contributed by atoms with Crippen LogP contribution in [0.15, 0.2) is 50.7 Å². The van der Waals surface area contributed by atoms with E-state index in [0.29, 0.717) is 10.2 Å². The molecule has 0 aliphatic carbocycles. The average molecular weight is 379 g/mol. The lowest BCUT2D eigenvalue weighted by Gasteiger charge is -1.98. The van der Waals surface area contributed by atoms with Gasteiger partial charge in [0.15, 0.2) is 4.34 Å². The Bertz CT molecular complexity index is 916. The minimum Gasteiger partial charge on any atom is -0.229 e. The van der Waals surface area contributed by atoms with Gasteiger partial charge in [-0.1, -0.05) is 23.7 Å². The monoisotopic (exact) mass is 378 g/mol. The molecule has 0 saturated heterocycles. The topological polar surface area (TPSA) is 69.4 Å². The van der Waals surface area contributed by atoms with Crippen molar-refractivity contribution < 1.29 is 0 Å². The number of rotatable bonds is 4. The van der Waals surface area contributed by atoms with Gasteiger partial charge in [-0.05, 0) is 34.3 Å². The largest absolute Gasteiger partial charge is 0.229 e. The van der Waals surface area contributed by atoms with Crippen LogP contribution in [0.3, 0.4) is 0 Å². The normalized spacial score (nSPS) is 11.0. The number of tetrazole rings is 1. The van der Waals surface area contributed by atoms with Crippen molar-refractivity contribution in [2.45, 2.75) is 9.50 Å². The van der Waals surface area contributed by atoms with E-state index in [1.54, 1.807) is 22.2 Å². The first kappa shape index (κ1) is 14.8. The zero-order valence-corrected chi connectivity index (χ0v) is 14.5. The van der Waals surface area contributed by atoms with Gasteiger partial charge in [-0.2, -0.15) is 4.68 Å². The molecule has 0 bridgehead atoms. The van der Waals surface area contributed by atoms with Crippen LogP contribution in [0.4, 0.5) is 0 Å². The molecule has 4 aromatic rings. The first-order chi connectivity index (χ1) is 11.3. The molecule has 0 aliphatic heterocycles. The lowest BCUT2D eigenvalue weighted by molar-refractivity contribution is 0.750. The molecule has 0 N–H and O–H groups in total. The van der Waals surface area contributed by atoms with Gasteiger partial charge in [0.05, 0.1) is 5.69 Å². The highest BCUT2D eigenvalue weighted by molar-refractivity contribution is 8.00. The third-order valence-electron chi connectivity index (χ3n) is 2.84. The van der Waals surface area contributed by atoms with E-state index in [-0.39, 0.29) is 0 Å². The van der Waals surface area contributed by atoms with E-state index in [9.17, 15) is 0 Å². The number of thiazole rings is 2. The van der Waals surface area contributed by atoms with Crippen molar-refractivity contribution in [2.75, 3.05) is 0 Å². The summed E-state index contributed by atoms with van der Waals surface area (Å²) in [6, 6.07) is 7.61. The Balaban J connectivity index is 1.59. The maximum absolute atomic E-state index is 5.91. The molecule has 114 valence electrons. The SMILES string of the molecule is Clc1ccc(-c2csc(Sc3nnnn3-c3nccs3)n2)cc1. The molecule has 3 heterocycles. The summed E-state index contributed by atoms with van der Waals surface area (Å²) in [7, 11) is 0. The first-order valence-corrected chi connectivity index (χ1v) is 9.32. The summed E-state index contributed by atoms with van der Waals surface area (Å²) in [5, 5.41) is 17.7. The second kappa shape index (κ2) is 6.36. The van der Waals surface area contributed by atoms with Gasteiger partial charge < -0.3 is 0 Å². The van der Waals surface area contributed by atoms with E-state index in [4.69, 9.17) is 11.6 Å². The van der Waals surface area contributed by atoms with E-state index in [0.717, 1.165) is 20.7 Å². The van der Waals surface area contributed by atoms with Crippen molar-refractivity contribution in [3.05, 3.63) is 46.2 Å². The van der Waals surface area contributed by atoms with Gasteiger partial charge in [0.25, 0.3) is 0 Å². The van der Waals surface area contributed by atoms with Gasteiger partial charge in [0.2, 0.25) is 10.3 Å². The van der Waals surface area contributed by atoms with E-state index in [2.05, 4.69) is 25.5 Å². The predicted molar refractivity (Wildman–Crippen MR) is 91.5 cm³/mol. The van der Waals surface area contributed by atoms with Gasteiger partial charge in [-0.15, -0.1) is 27.8 Å². The smallest absolute Gasteiger partial charge is 0.223 e. The molecular weight excluding hydrogens is 372 g/mol. The molecule has 3 aromatic heterocycles. The zero-order chi connectivity index (χ0) is 15.6. The minimum absolute atomic E-state index is 0.636. The lowest BCUT2D eigenvalue weighted by Crippen LogP contribution is -1.97. The van der Waals surface area contributed by atoms with Crippen LogP contribution in [0.5, 0.6) is 0 Å². The number of hydrogen-bond acceptors (Lipinski definition) is 8. The molecule has 23 heavy (non-hydrogen) atoms. The van der Waals surface area contributed by atoms with Gasteiger partial charge in [0, 0.05) is 27.5 Å². The summed E-state index contributed by atoms with van der Waals surface area (Å²) in [5.41, 5.74) is 1.93. The fourth-order valence-corrected chi connectivity index (χ4v) is 4.29. The van der Waals surface area contributed by atoms with Gasteiger partial charge in [-0.3, -0.25) is 0 Å². The number of benzene rings is 1. The Morgan fingerprint density at radius 2 is 2.00 bits per heavy atom. The number of aromatic nitrogens is 6. The summed E-state index contributed by atoms with van der Waals surface area (Å²) in [5.74, 6) is 0. The summed E-state index contributed by atoms with van der Waals surface area (Å²) in [6.45, 7) is 0. The quantitative estimate of drug-likeness (QED) is 0.533. The van der Waals surface area contributed by atoms with E-state index in [1.807, 2.05) is 35.0 Å². The standard InChI is InChI=1S/C13H7ClN6S3/c14-9-3-1-8(2-4-9)10-7-22-13(16-10)23-12-17-18-19-20(12)11-15-5-6-21-11/h1-7H. The fourth-order valence-electron chi connectivity index (χ4n) is 1.82. The van der Waals surface area contributed by atoms with Crippen LogP contribution >= 0.6 is 46.0 Å². The number of nitrogens with zero attached hydrogens (tertiary/aromatic N) is 6. The Morgan fingerprint density at radius 3 is 2.78 bits per heavy atom. The molecule has 4 rings (SSSR count). The third-order valence-corrected chi connectivity index (χ3v) is 5.72. The van der Waals surface area contributed by atoms with Crippen molar-refractivity contribution in [3.8, 4) is 16.4 Å². The molecule has 0 unspecified atom stereocenters. The lowest BCUT2D eigenvalue weighted by atomic mass is 10.2. The Morgan fingerprint density at radius 1 is 1.13 bits per heavy atom. The summed E-state index contributed by atoms with van der Waals surface area (Å²) in [6.07, 6.45) is 1.72. The predicted octanol–water partition coefficient (Wildman–Crippen LogP) is 4.05. The summed E-state index contributed by atoms with van der Waals surface area (Å²) < 4.78 is 2.47. The molecule has 0 atom stereocenters. The zero-order valence-electron chi connectivity index (χ0n) is 11.3. The van der Waals surface area contributed by atoms with Crippen molar-refractivity contribution in [2.24, 2.45) is 0 Å². The maximum atomic E-state index is 5.91. The van der Waals surface area contributed by atoms with Gasteiger partial charge in [-0.25, -0.2) is 9.97 Å². The molecule has 0 fully saturated rings. The van der Waals surface area contributed by atoms with E-state index >= 15 is 0 Å². The van der Waals surface area contributed by atoms with Gasteiger partial charge >= 0.3 is 0 Å². The van der Waals surface area contributed by atoms with Crippen molar-refractivity contribution in [1.82, 2.24) is 30.2 Å². The van der Waals surface area contributed by atoms with E-state index < -0.39 is 0 Å². The molecule has 1 aromatic carbocycles. The van der Waals surface area contributed by atoms with Crippen LogP contribution in [0, 0.1) is 0 Å². The highest BCUT2D eigenvalue weighted by Crippen LogP contribution is 2.33. The van der Waals surface area contributed by atoms with Crippen molar-refractivity contribution in [1.29, 1.82) is 0 Å². The highest BCUT2D eigenvalue weighted by atomic mass is 35.5. The Labute approximate surface area is 148 Å². The molecule has 10 heteroatoms. The van der Waals surface area contributed by atoms with Gasteiger partial charge in [0.1, 0.15) is 0 Å². The molecule has 0 amide bonds. The summed E-state index contributed by atoms with van der Waals surface area (Å²) >= 11 is 10.3. The van der Waals surface area contributed by atoms with Crippen LogP contribution in [0.2, 0.25) is 5.02 Å². The highest BCUT2D eigenvalue weighted by Gasteiger charge is 2.14. The molecule has 0 saturated carbocycles. The fraction of sp³-hybridized carbons (Fsp3) is 0. The van der Waals surface area contributed by atoms with Crippen LogP contribution in [0.1, 0.15) is 0 Å². The van der Waals surface area contributed by atoms with Crippen LogP contribution < -0.4 is 0 Å². The molecular formula is C13H7ClN6S3. The summed E-state index contributed by atoms with van der Waals surface area (Å²) in [4.78, 5) is 8.84. The molecule has 6 nitrogen and oxygen atoms in total. The Kier molecular flexibility index (Phi) is 4.08. The maximum Gasteiger partial charge on any atom is 0.223 e. The van der Waals surface area contributed by atoms with Crippen molar-refractivity contribution in [3.63, 3.8) is 0 Å². The van der Waals surface area contributed by atoms with Crippen LogP contribution in [0.25, 0.3) is 16.4 Å². The van der Waals surface area contributed by atoms with Crippen LogP contribution in [-0.4, -0.2) is 30.2 Å². The second-order valence-corrected chi connectivity index (χ2v) is 7.68. The minimum atomic E-state index is 0.636. The molecule has 0 spiro atoms. The number of halogens is 1. The second-order valence-electron chi connectivity index (χ2n) is 4.30. The third kappa shape index (κ3) is 3.13. The van der Waals surface area contributed by atoms with E-state index in [1.165, 1.54) is 23.1 Å². The van der Waals surface area contributed by atoms with Crippen molar-refractivity contribution >= 4 is 46.0 Å². The number of hydrogen-bond donors (Lipinski definition) is 0. The molecule has 0 aliphatic rings. The first-order valence-electron chi connectivity index (χ1n) is 6.37. The van der Waals surface area contributed by atoms with Crippen LogP contribution in [-0.2, 0) is 0 Å².